The van der Waals surface area contributed by atoms with Crippen LogP contribution in [-0.4, -0.2) is 6.54 Å². The summed E-state index contributed by atoms with van der Waals surface area (Å²) in [5.41, 5.74) is 2.56. The molecule has 0 amide bonds. The van der Waals surface area contributed by atoms with Gasteiger partial charge in [0.25, 0.3) is 0 Å². The lowest BCUT2D eigenvalue weighted by atomic mass is 9.86. The van der Waals surface area contributed by atoms with Crippen molar-refractivity contribution >= 4 is 11.9 Å². The van der Waals surface area contributed by atoms with Gasteiger partial charge in [0.1, 0.15) is 0 Å². The molecule has 2 aromatic carbocycles. The third-order valence-corrected chi connectivity index (χ3v) is 5.52. The van der Waals surface area contributed by atoms with Crippen molar-refractivity contribution < 1.29 is 0 Å². The Hall–Kier alpha value is -1.25. The Morgan fingerprint density at radius 2 is 1.43 bits per heavy atom. The van der Waals surface area contributed by atoms with Gasteiger partial charge in [-0.15, -0.1) is 0 Å². The van der Waals surface area contributed by atoms with Crippen LogP contribution < -0.4 is 4.72 Å². The van der Waals surface area contributed by atoms with Gasteiger partial charge in [-0.2, -0.15) is 0 Å². The third-order valence-electron chi connectivity index (χ3n) is 4.72. The Bertz CT molecular complexity index is 563. The molecule has 0 aliphatic heterocycles. The molecule has 2 rings (SSSR count). The lowest BCUT2D eigenvalue weighted by molar-refractivity contribution is 0.306. The van der Waals surface area contributed by atoms with E-state index in [-0.39, 0.29) is 0 Å². The molecule has 1 atom stereocenters. The van der Waals surface area contributed by atoms with Gasteiger partial charge in [0.15, 0.2) is 0 Å². The zero-order valence-electron chi connectivity index (χ0n) is 14.6. The van der Waals surface area contributed by atoms with Gasteiger partial charge in [0.2, 0.25) is 0 Å². The Balaban J connectivity index is 1.93. The van der Waals surface area contributed by atoms with Crippen LogP contribution in [0.5, 0.6) is 0 Å². The van der Waals surface area contributed by atoms with Crippen LogP contribution in [0, 0.1) is 11.8 Å². The second kappa shape index (κ2) is 9.79. The van der Waals surface area contributed by atoms with E-state index in [2.05, 4.69) is 80.1 Å². The highest BCUT2D eigenvalue weighted by molar-refractivity contribution is 7.97. The third kappa shape index (κ3) is 5.40. The number of hydrogen-bond donors (Lipinski definition) is 1. The molecule has 2 aromatic rings. The van der Waals surface area contributed by atoms with Gasteiger partial charge in [-0.1, -0.05) is 82.5 Å². The summed E-state index contributed by atoms with van der Waals surface area (Å²) in [7, 11) is 0. The fraction of sp³-hybridized carbons (Fsp3) is 0.429. The lowest BCUT2D eigenvalue weighted by Crippen LogP contribution is -2.23. The van der Waals surface area contributed by atoms with Crippen LogP contribution in [0.15, 0.2) is 59.5 Å². The molecular weight excluding hydrogens is 298 g/mol. The Labute approximate surface area is 146 Å². The average molecular weight is 328 g/mol. The fourth-order valence-electron chi connectivity index (χ4n) is 3.20. The molecule has 0 bridgehead atoms. The first-order valence-electron chi connectivity index (χ1n) is 8.83. The minimum Gasteiger partial charge on any atom is -0.260 e. The average Bonchev–Trinajstić information content (AvgIpc) is 2.62. The maximum absolute atomic E-state index is 3.60. The quantitative estimate of drug-likeness (QED) is 0.534. The molecule has 0 radical (unpaired) electrons. The van der Waals surface area contributed by atoms with Crippen molar-refractivity contribution in [2.75, 3.05) is 6.54 Å². The number of hydrogen-bond acceptors (Lipinski definition) is 2. The highest BCUT2D eigenvalue weighted by Gasteiger charge is 2.16. The second-order valence-corrected chi connectivity index (χ2v) is 7.05. The second-order valence-electron chi connectivity index (χ2n) is 6.09. The van der Waals surface area contributed by atoms with E-state index >= 15 is 0 Å². The summed E-state index contributed by atoms with van der Waals surface area (Å²) in [6.45, 7) is 8.02. The Morgan fingerprint density at radius 1 is 0.783 bits per heavy atom. The monoisotopic (exact) mass is 327 g/mol. The molecule has 1 nitrogen and oxygen atoms in total. The zero-order chi connectivity index (χ0) is 16.5. The maximum Gasteiger partial charge on any atom is 0.0234 e. The van der Waals surface area contributed by atoms with Crippen LogP contribution in [0.4, 0.5) is 0 Å². The predicted molar refractivity (Wildman–Crippen MR) is 104 cm³/mol. The Kier molecular flexibility index (Phi) is 7.70. The normalized spacial score (nSPS) is 12.5. The standard InChI is InChI=1S/C21H29NS/c1-4-17(5-2)18(6-3)16-22-23-21-14-10-13-20(15-21)19-11-8-7-9-12-19/h7-15,17-18,22H,4-6,16H2,1-3H3. The molecule has 0 spiro atoms. The SMILES string of the molecule is CCC(CC)C(CC)CNSc1cccc(-c2ccccc2)c1. The highest BCUT2D eigenvalue weighted by atomic mass is 32.2. The number of rotatable bonds is 9. The van der Waals surface area contributed by atoms with Crippen LogP contribution >= 0.6 is 11.9 Å². The van der Waals surface area contributed by atoms with Crippen LogP contribution in [0.1, 0.15) is 40.0 Å². The summed E-state index contributed by atoms with van der Waals surface area (Å²) < 4.78 is 3.60. The highest BCUT2D eigenvalue weighted by Crippen LogP contribution is 2.26. The molecule has 0 aliphatic carbocycles. The summed E-state index contributed by atoms with van der Waals surface area (Å²) in [5, 5.41) is 0. The summed E-state index contributed by atoms with van der Waals surface area (Å²) >= 11 is 1.76. The van der Waals surface area contributed by atoms with Crippen LogP contribution in [-0.2, 0) is 0 Å². The maximum atomic E-state index is 3.60. The zero-order valence-corrected chi connectivity index (χ0v) is 15.4. The largest absolute Gasteiger partial charge is 0.260 e. The first kappa shape index (κ1) is 18.1. The minimum atomic E-state index is 0.773. The summed E-state index contributed by atoms with van der Waals surface area (Å²) in [5.74, 6) is 1.61. The lowest BCUT2D eigenvalue weighted by Gasteiger charge is -2.24. The molecule has 0 saturated carbocycles. The van der Waals surface area contributed by atoms with Crippen LogP contribution in [0.2, 0.25) is 0 Å². The van der Waals surface area contributed by atoms with E-state index in [4.69, 9.17) is 0 Å². The molecule has 0 aromatic heterocycles. The molecule has 0 heterocycles. The number of nitrogens with one attached hydrogen (secondary N) is 1. The first-order chi connectivity index (χ1) is 11.3. The predicted octanol–water partition coefficient (Wildman–Crippen LogP) is 6.41. The van der Waals surface area contributed by atoms with E-state index in [1.807, 2.05) is 0 Å². The molecule has 0 saturated heterocycles. The van der Waals surface area contributed by atoms with Crippen molar-refractivity contribution in [3.8, 4) is 11.1 Å². The molecule has 1 unspecified atom stereocenters. The fourth-order valence-corrected chi connectivity index (χ4v) is 4.00. The summed E-state index contributed by atoms with van der Waals surface area (Å²) in [4.78, 5) is 1.28. The summed E-state index contributed by atoms with van der Waals surface area (Å²) in [6, 6.07) is 19.3. The molecule has 0 aliphatic rings. The van der Waals surface area contributed by atoms with Gasteiger partial charge in [-0.3, -0.25) is 4.72 Å². The Morgan fingerprint density at radius 3 is 2.09 bits per heavy atom. The topological polar surface area (TPSA) is 12.0 Å². The van der Waals surface area contributed by atoms with Gasteiger partial charge >= 0.3 is 0 Å². The van der Waals surface area contributed by atoms with E-state index in [1.54, 1.807) is 11.9 Å². The molecule has 2 heteroatoms. The van der Waals surface area contributed by atoms with Crippen LogP contribution in [0.25, 0.3) is 11.1 Å². The first-order valence-corrected chi connectivity index (χ1v) is 9.65. The van der Waals surface area contributed by atoms with E-state index < -0.39 is 0 Å². The smallest absolute Gasteiger partial charge is 0.0234 e. The number of benzene rings is 2. The van der Waals surface area contributed by atoms with E-state index in [0.29, 0.717) is 0 Å². The molecule has 1 N–H and O–H groups in total. The van der Waals surface area contributed by atoms with E-state index in [1.165, 1.54) is 35.3 Å². The summed E-state index contributed by atoms with van der Waals surface area (Å²) in [6.07, 6.45) is 3.82. The van der Waals surface area contributed by atoms with Gasteiger partial charge in [-0.25, -0.2) is 0 Å². The molecule has 124 valence electrons. The molecular formula is C21H29NS. The van der Waals surface area contributed by atoms with Crippen molar-refractivity contribution in [1.82, 2.24) is 4.72 Å². The van der Waals surface area contributed by atoms with Crippen LogP contribution in [0.3, 0.4) is 0 Å². The molecule has 0 fully saturated rings. The van der Waals surface area contributed by atoms with Crippen molar-refractivity contribution in [2.45, 2.75) is 44.9 Å². The van der Waals surface area contributed by atoms with E-state index in [0.717, 1.165) is 18.4 Å². The van der Waals surface area contributed by atoms with Crippen molar-refractivity contribution in [3.63, 3.8) is 0 Å². The van der Waals surface area contributed by atoms with Crippen molar-refractivity contribution in [1.29, 1.82) is 0 Å². The minimum absolute atomic E-state index is 0.773. The van der Waals surface area contributed by atoms with E-state index in [9.17, 15) is 0 Å². The van der Waals surface area contributed by atoms with Crippen molar-refractivity contribution in [2.24, 2.45) is 11.8 Å². The van der Waals surface area contributed by atoms with Gasteiger partial charge in [0, 0.05) is 11.4 Å². The van der Waals surface area contributed by atoms with Gasteiger partial charge < -0.3 is 0 Å². The molecule has 23 heavy (non-hydrogen) atoms. The van der Waals surface area contributed by atoms with Gasteiger partial charge in [-0.05, 0) is 47.0 Å². The van der Waals surface area contributed by atoms with Crippen molar-refractivity contribution in [3.05, 3.63) is 54.6 Å². The van der Waals surface area contributed by atoms with Gasteiger partial charge in [0.05, 0.1) is 0 Å².